The summed E-state index contributed by atoms with van der Waals surface area (Å²) in [5.74, 6) is 0.383. The molecule has 0 bridgehead atoms. The van der Waals surface area contributed by atoms with Crippen LogP contribution in [0.5, 0.6) is 5.88 Å². The zero-order valence-corrected chi connectivity index (χ0v) is 10.6. The molecular weight excluding hydrogens is 264 g/mol. The Bertz CT molecular complexity index is 650. The van der Waals surface area contributed by atoms with Crippen molar-refractivity contribution in [2.45, 2.75) is 6.61 Å². The van der Waals surface area contributed by atoms with Crippen molar-refractivity contribution < 1.29 is 9.53 Å². The normalized spacial score (nSPS) is 9.68. The highest BCUT2D eigenvalue weighted by Gasteiger charge is 2.05. The molecule has 0 amide bonds. The van der Waals surface area contributed by atoms with Crippen LogP contribution in [-0.4, -0.2) is 11.3 Å². The molecule has 2 rings (SSSR count). The van der Waals surface area contributed by atoms with Gasteiger partial charge in [-0.3, -0.25) is 4.79 Å². The Morgan fingerprint density at radius 1 is 1.37 bits per heavy atom. The first-order valence-electron chi connectivity index (χ1n) is 5.46. The number of nitrogens with zero attached hydrogens (tertiary/aromatic N) is 2. The number of aromatic nitrogens is 1. The first-order chi connectivity index (χ1) is 9.22. The SMILES string of the molecule is N#Cc1ccc(COc2cccc(Cl)n2)c(C=O)c1. The molecule has 0 fully saturated rings. The summed E-state index contributed by atoms with van der Waals surface area (Å²) in [5.41, 5.74) is 1.56. The van der Waals surface area contributed by atoms with E-state index in [1.807, 2.05) is 6.07 Å². The summed E-state index contributed by atoms with van der Waals surface area (Å²) in [7, 11) is 0. The first-order valence-corrected chi connectivity index (χ1v) is 5.84. The van der Waals surface area contributed by atoms with E-state index in [1.54, 1.807) is 30.3 Å². The maximum absolute atomic E-state index is 11.0. The zero-order valence-electron chi connectivity index (χ0n) is 9.84. The fourth-order valence-electron chi connectivity index (χ4n) is 1.53. The average Bonchev–Trinajstić information content (AvgIpc) is 2.45. The Labute approximate surface area is 115 Å². The number of halogens is 1. The van der Waals surface area contributed by atoms with Gasteiger partial charge in [-0.15, -0.1) is 0 Å². The van der Waals surface area contributed by atoms with Crippen molar-refractivity contribution in [3.05, 3.63) is 58.2 Å². The molecule has 0 aliphatic carbocycles. The van der Waals surface area contributed by atoms with Gasteiger partial charge in [-0.2, -0.15) is 5.26 Å². The molecule has 0 radical (unpaired) electrons. The minimum Gasteiger partial charge on any atom is -0.473 e. The van der Waals surface area contributed by atoms with Gasteiger partial charge in [0, 0.05) is 11.6 Å². The molecule has 0 aliphatic rings. The number of carbonyl (C=O) groups is 1. The van der Waals surface area contributed by atoms with Gasteiger partial charge in [-0.25, -0.2) is 4.98 Å². The van der Waals surface area contributed by atoms with Gasteiger partial charge in [-0.05, 0) is 23.8 Å². The van der Waals surface area contributed by atoms with Crippen LogP contribution in [0.1, 0.15) is 21.5 Å². The first kappa shape index (κ1) is 13.1. The van der Waals surface area contributed by atoms with E-state index in [4.69, 9.17) is 21.6 Å². The quantitative estimate of drug-likeness (QED) is 0.634. The topological polar surface area (TPSA) is 63.0 Å². The molecule has 1 aromatic heterocycles. The largest absolute Gasteiger partial charge is 0.473 e. The summed E-state index contributed by atoms with van der Waals surface area (Å²) in [5, 5.41) is 9.11. The summed E-state index contributed by atoms with van der Waals surface area (Å²) >= 11 is 5.74. The Morgan fingerprint density at radius 2 is 2.21 bits per heavy atom. The van der Waals surface area contributed by atoms with Crippen LogP contribution in [0.4, 0.5) is 0 Å². The minimum absolute atomic E-state index is 0.188. The number of carbonyl (C=O) groups excluding carboxylic acids is 1. The summed E-state index contributed by atoms with van der Waals surface area (Å²) < 4.78 is 5.45. The Balaban J connectivity index is 2.16. The van der Waals surface area contributed by atoms with Crippen LogP contribution in [0.2, 0.25) is 5.15 Å². The van der Waals surface area contributed by atoms with Crippen LogP contribution in [0.15, 0.2) is 36.4 Å². The maximum atomic E-state index is 11.0. The summed E-state index contributed by atoms with van der Waals surface area (Å²) in [6.45, 7) is 0.188. The van der Waals surface area contributed by atoms with Gasteiger partial charge in [0.1, 0.15) is 11.8 Å². The van der Waals surface area contributed by atoms with Crippen LogP contribution in [-0.2, 0) is 6.61 Å². The van der Waals surface area contributed by atoms with E-state index in [2.05, 4.69) is 4.98 Å². The lowest BCUT2D eigenvalue weighted by Gasteiger charge is -2.07. The second-order valence-corrected chi connectivity index (χ2v) is 4.12. The van der Waals surface area contributed by atoms with Crippen molar-refractivity contribution in [3.8, 4) is 11.9 Å². The molecule has 0 N–H and O–H groups in total. The zero-order chi connectivity index (χ0) is 13.7. The van der Waals surface area contributed by atoms with E-state index < -0.39 is 0 Å². The Morgan fingerprint density at radius 3 is 2.89 bits per heavy atom. The summed E-state index contributed by atoms with van der Waals surface area (Å²) in [6, 6.07) is 11.9. The number of benzene rings is 1. The van der Waals surface area contributed by atoms with Gasteiger partial charge < -0.3 is 4.74 Å². The van der Waals surface area contributed by atoms with Crippen LogP contribution in [0.3, 0.4) is 0 Å². The lowest BCUT2D eigenvalue weighted by atomic mass is 10.1. The number of aldehydes is 1. The lowest BCUT2D eigenvalue weighted by molar-refractivity contribution is 0.112. The van der Waals surface area contributed by atoms with Crippen LogP contribution in [0, 0.1) is 11.3 Å². The molecule has 1 aromatic carbocycles. The molecule has 0 atom stereocenters. The number of ether oxygens (including phenoxy) is 1. The van der Waals surface area contributed by atoms with E-state index in [-0.39, 0.29) is 6.61 Å². The van der Waals surface area contributed by atoms with Crippen molar-refractivity contribution in [2.75, 3.05) is 0 Å². The van der Waals surface area contributed by atoms with Crippen LogP contribution in [0.25, 0.3) is 0 Å². The fourth-order valence-corrected chi connectivity index (χ4v) is 1.68. The Kier molecular flexibility index (Phi) is 4.11. The van der Waals surface area contributed by atoms with Crippen molar-refractivity contribution in [1.82, 2.24) is 4.98 Å². The average molecular weight is 273 g/mol. The second kappa shape index (κ2) is 5.98. The standard InChI is InChI=1S/C14H9ClN2O2/c15-13-2-1-3-14(17-13)19-9-11-5-4-10(7-16)6-12(11)8-18/h1-6,8H,9H2. The van der Waals surface area contributed by atoms with Gasteiger partial charge in [-0.1, -0.05) is 23.7 Å². The summed E-state index contributed by atoms with van der Waals surface area (Å²) in [4.78, 5) is 14.9. The van der Waals surface area contributed by atoms with Gasteiger partial charge in [0.05, 0.1) is 11.6 Å². The molecule has 0 saturated heterocycles. The van der Waals surface area contributed by atoms with Crippen molar-refractivity contribution >= 4 is 17.9 Å². The summed E-state index contributed by atoms with van der Waals surface area (Å²) in [6.07, 6.45) is 0.699. The molecule has 19 heavy (non-hydrogen) atoms. The molecule has 2 aromatic rings. The number of pyridine rings is 1. The Hall–Kier alpha value is -2.38. The third kappa shape index (κ3) is 3.30. The highest BCUT2D eigenvalue weighted by atomic mass is 35.5. The molecule has 5 heteroatoms. The van der Waals surface area contributed by atoms with Gasteiger partial charge >= 0.3 is 0 Å². The highest BCUT2D eigenvalue weighted by Crippen LogP contribution is 2.15. The van der Waals surface area contributed by atoms with E-state index in [0.29, 0.717) is 34.0 Å². The van der Waals surface area contributed by atoms with E-state index in [0.717, 1.165) is 0 Å². The van der Waals surface area contributed by atoms with Gasteiger partial charge in [0.15, 0.2) is 6.29 Å². The van der Waals surface area contributed by atoms with Crippen LogP contribution < -0.4 is 4.74 Å². The second-order valence-electron chi connectivity index (χ2n) is 3.73. The molecule has 0 spiro atoms. The molecular formula is C14H9ClN2O2. The molecule has 4 nitrogen and oxygen atoms in total. The molecule has 1 heterocycles. The number of nitriles is 1. The molecule has 0 aliphatic heterocycles. The van der Waals surface area contributed by atoms with Crippen molar-refractivity contribution in [2.24, 2.45) is 0 Å². The molecule has 0 unspecified atom stereocenters. The van der Waals surface area contributed by atoms with Gasteiger partial charge in [0.25, 0.3) is 0 Å². The van der Waals surface area contributed by atoms with Crippen molar-refractivity contribution in [3.63, 3.8) is 0 Å². The number of hydrogen-bond donors (Lipinski definition) is 0. The third-order valence-corrected chi connectivity index (χ3v) is 2.68. The highest BCUT2D eigenvalue weighted by molar-refractivity contribution is 6.29. The van der Waals surface area contributed by atoms with E-state index >= 15 is 0 Å². The maximum Gasteiger partial charge on any atom is 0.214 e. The monoisotopic (exact) mass is 272 g/mol. The smallest absolute Gasteiger partial charge is 0.214 e. The number of hydrogen-bond acceptors (Lipinski definition) is 4. The molecule has 94 valence electrons. The fraction of sp³-hybridized carbons (Fsp3) is 0.0714. The predicted molar refractivity (Wildman–Crippen MR) is 70.1 cm³/mol. The predicted octanol–water partition coefficient (Wildman–Crippen LogP) is 3.00. The van der Waals surface area contributed by atoms with E-state index in [9.17, 15) is 4.79 Å². The van der Waals surface area contributed by atoms with E-state index in [1.165, 1.54) is 6.07 Å². The van der Waals surface area contributed by atoms with Crippen LogP contribution >= 0.6 is 11.6 Å². The third-order valence-electron chi connectivity index (χ3n) is 2.47. The lowest BCUT2D eigenvalue weighted by Crippen LogP contribution is -2.01. The molecule has 0 saturated carbocycles. The van der Waals surface area contributed by atoms with Gasteiger partial charge in [0.2, 0.25) is 5.88 Å². The number of rotatable bonds is 4. The van der Waals surface area contributed by atoms with Crippen molar-refractivity contribution in [1.29, 1.82) is 5.26 Å². The minimum atomic E-state index is 0.188.